The summed E-state index contributed by atoms with van der Waals surface area (Å²) in [6, 6.07) is 4.13. The van der Waals surface area contributed by atoms with Gasteiger partial charge < -0.3 is 4.74 Å². The van der Waals surface area contributed by atoms with E-state index in [9.17, 15) is 13.2 Å². The number of methoxy groups -OCH3 is 1. The van der Waals surface area contributed by atoms with Crippen LogP contribution in [0.3, 0.4) is 0 Å². The zero-order valence-electron chi connectivity index (χ0n) is 10.6. The standard InChI is InChI=1S/C14H8BrCl2F3O/c1-21-14-8(2-6(16)3-9(14)15)13(17)12-10(19)4-7(18)5-11(12)20/h2-5,13H,1H3. The summed E-state index contributed by atoms with van der Waals surface area (Å²) in [6.07, 6.45) is 0. The van der Waals surface area contributed by atoms with Crippen molar-refractivity contribution >= 4 is 39.1 Å². The molecule has 0 aliphatic rings. The third-order valence-electron chi connectivity index (χ3n) is 2.81. The van der Waals surface area contributed by atoms with Crippen molar-refractivity contribution in [3.8, 4) is 5.75 Å². The molecule has 0 heterocycles. The first-order chi connectivity index (χ1) is 9.85. The van der Waals surface area contributed by atoms with Gasteiger partial charge in [0.1, 0.15) is 23.2 Å². The van der Waals surface area contributed by atoms with E-state index in [1.807, 2.05) is 0 Å². The van der Waals surface area contributed by atoms with Crippen molar-refractivity contribution in [2.45, 2.75) is 5.38 Å². The molecule has 112 valence electrons. The summed E-state index contributed by atoms with van der Waals surface area (Å²) in [5.41, 5.74) is -0.200. The number of hydrogen-bond acceptors (Lipinski definition) is 1. The summed E-state index contributed by atoms with van der Waals surface area (Å²) in [6.45, 7) is 0. The summed E-state index contributed by atoms with van der Waals surface area (Å²) in [5.74, 6) is -2.88. The molecule has 1 nitrogen and oxygen atoms in total. The molecule has 0 aliphatic carbocycles. The monoisotopic (exact) mass is 398 g/mol. The average Bonchev–Trinajstić information content (AvgIpc) is 2.36. The van der Waals surface area contributed by atoms with Gasteiger partial charge in [-0.3, -0.25) is 0 Å². The van der Waals surface area contributed by atoms with Crippen molar-refractivity contribution in [2.75, 3.05) is 7.11 Å². The van der Waals surface area contributed by atoms with Gasteiger partial charge in [0.25, 0.3) is 0 Å². The van der Waals surface area contributed by atoms with Crippen molar-refractivity contribution in [2.24, 2.45) is 0 Å². The van der Waals surface area contributed by atoms with Crippen LogP contribution in [0.2, 0.25) is 5.02 Å². The molecule has 0 saturated heterocycles. The number of ether oxygens (including phenoxy) is 1. The minimum atomic E-state index is -1.23. The molecule has 21 heavy (non-hydrogen) atoms. The smallest absolute Gasteiger partial charge is 0.138 e. The van der Waals surface area contributed by atoms with E-state index in [0.717, 1.165) is 0 Å². The van der Waals surface area contributed by atoms with E-state index >= 15 is 0 Å². The summed E-state index contributed by atoms with van der Waals surface area (Å²) in [5, 5.41) is -0.915. The zero-order chi connectivity index (χ0) is 15.7. The second-order valence-corrected chi connectivity index (χ2v) is 5.88. The summed E-state index contributed by atoms with van der Waals surface area (Å²) in [4.78, 5) is 0. The maximum absolute atomic E-state index is 13.8. The zero-order valence-corrected chi connectivity index (χ0v) is 13.7. The maximum atomic E-state index is 13.8. The molecule has 7 heteroatoms. The summed E-state index contributed by atoms with van der Waals surface area (Å²) in [7, 11) is 1.39. The highest BCUT2D eigenvalue weighted by Gasteiger charge is 2.25. The van der Waals surface area contributed by atoms with Crippen LogP contribution in [0.15, 0.2) is 28.7 Å². The van der Waals surface area contributed by atoms with Gasteiger partial charge in [0.2, 0.25) is 0 Å². The van der Waals surface area contributed by atoms with Gasteiger partial charge in [-0.1, -0.05) is 11.6 Å². The first-order valence-electron chi connectivity index (χ1n) is 5.66. The van der Waals surface area contributed by atoms with Crippen molar-refractivity contribution in [1.29, 1.82) is 0 Å². The Balaban J connectivity index is 2.63. The highest BCUT2D eigenvalue weighted by molar-refractivity contribution is 9.10. The fraction of sp³-hybridized carbons (Fsp3) is 0.143. The van der Waals surface area contributed by atoms with Crippen molar-refractivity contribution in [3.63, 3.8) is 0 Å². The van der Waals surface area contributed by atoms with Crippen molar-refractivity contribution in [1.82, 2.24) is 0 Å². The third kappa shape index (κ3) is 3.30. The first-order valence-corrected chi connectivity index (χ1v) is 7.27. The molecule has 0 aliphatic heterocycles. The minimum Gasteiger partial charge on any atom is -0.495 e. The van der Waals surface area contributed by atoms with Gasteiger partial charge in [0.05, 0.1) is 17.0 Å². The second kappa shape index (κ2) is 6.46. The minimum absolute atomic E-state index is 0.267. The van der Waals surface area contributed by atoms with Crippen LogP contribution in [-0.4, -0.2) is 7.11 Å². The Morgan fingerprint density at radius 3 is 2.19 bits per heavy atom. The van der Waals surface area contributed by atoms with Crippen molar-refractivity contribution in [3.05, 3.63) is 62.3 Å². The van der Waals surface area contributed by atoms with Crippen LogP contribution in [0.5, 0.6) is 5.75 Å². The molecule has 0 bridgehead atoms. The van der Waals surface area contributed by atoms with Crippen LogP contribution in [0.25, 0.3) is 0 Å². The van der Waals surface area contributed by atoms with Gasteiger partial charge in [-0.15, -0.1) is 11.6 Å². The van der Waals surface area contributed by atoms with E-state index in [4.69, 9.17) is 27.9 Å². The predicted octanol–water partition coefficient (Wildman–Crippen LogP) is 5.86. The average molecular weight is 400 g/mol. The van der Waals surface area contributed by atoms with E-state index in [-0.39, 0.29) is 5.56 Å². The molecule has 1 unspecified atom stereocenters. The Labute approximate surface area is 137 Å². The molecule has 2 aromatic carbocycles. The van der Waals surface area contributed by atoms with E-state index in [2.05, 4.69) is 15.9 Å². The van der Waals surface area contributed by atoms with Crippen LogP contribution in [-0.2, 0) is 0 Å². The topological polar surface area (TPSA) is 9.23 Å². The van der Waals surface area contributed by atoms with E-state index in [1.165, 1.54) is 13.2 Å². The van der Waals surface area contributed by atoms with Crippen molar-refractivity contribution < 1.29 is 17.9 Å². The number of benzene rings is 2. The lowest BCUT2D eigenvalue weighted by Crippen LogP contribution is -2.04. The van der Waals surface area contributed by atoms with Gasteiger partial charge in [-0.2, -0.15) is 0 Å². The highest BCUT2D eigenvalue weighted by Crippen LogP contribution is 2.42. The fourth-order valence-corrected chi connectivity index (χ4v) is 3.30. The van der Waals surface area contributed by atoms with Gasteiger partial charge in [-0.25, -0.2) is 13.2 Å². The second-order valence-electron chi connectivity index (χ2n) is 4.16. The molecule has 1 atom stereocenters. The number of hydrogen-bond donors (Lipinski definition) is 0. The molecule has 0 fully saturated rings. The molecular weight excluding hydrogens is 392 g/mol. The molecule has 0 saturated carbocycles. The summed E-state index contributed by atoms with van der Waals surface area (Å²) >= 11 is 15.3. The largest absolute Gasteiger partial charge is 0.495 e. The molecule has 0 aromatic heterocycles. The number of alkyl halides is 1. The van der Waals surface area contributed by atoms with Crippen LogP contribution in [0.4, 0.5) is 13.2 Å². The Bertz CT molecular complexity index is 671. The molecular formula is C14H8BrCl2F3O. The van der Waals surface area contributed by atoms with E-state index in [0.29, 0.717) is 27.4 Å². The quantitative estimate of drug-likeness (QED) is 0.587. The van der Waals surface area contributed by atoms with Gasteiger partial charge in [-0.05, 0) is 28.1 Å². The molecule has 2 rings (SSSR count). The number of rotatable bonds is 3. The van der Waals surface area contributed by atoms with Crippen LogP contribution in [0, 0.1) is 17.5 Å². The Morgan fingerprint density at radius 1 is 1.10 bits per heavy atom. The molecule has 0 spiro atoms. The lowest BCUT2D eigenvalue weighted by molar-refractivity contribution is 0.407. The Hall–Kier alpha value is -0.910. The predicted molar refractivity (Wildman–Crippen MR) is 79.7 cm³/mol. The molecule has 0 amide bonds. The fourth-order valence-electron chi connectivity index (χ4n) is 1.93. The van der Waals surface area contributed by atoms with E-state index in [1.54, 1.807) is 6.07 Å². The molecule has 0 N–H and O–H groups in total. The number of halogens is 6. The van der Waals surface area contributed by atoms with Gasteiger partial charge in [0.15, 0.2) is 0 Å². The van der Waals surface area contributed by atoms with Crippen LogP contribution in [0.1, 0.15) is 16.5 Å². The first kappa shape index (κ1) is 16.5. The SMILES string of the molecule is COc1c(Br)cc(Cl)cc1C(Cl)c1c(F)cc(F)cc1F. The van der Waals surface area contributed by atoms with E-state index < -0.39 is 28.4 Å². The Kier molecular flexibility index (Phi) is 5.07. The maximum Gasteiger partial charge on any atom is 0.138 e. The lowest BCUT2D eigenvalue weighted by atomic mass is 10.0. The Morgan fingerprint density at radius 2 is 1.67 bits per heavy atom. The molecule has 2 aromatic rings. The summed E-state index contributed by atoms with van der Waals surface area (Å²) < 4.78 is 46.3. The van der Waals surface area contributed by atoms with Crippen LogP contribution >= 0.6 is 39.1 Å². The third-order valence-corrected chi connectivity index (χ3v) is 4.07. The van der Waals surface area contributed by atoms with Gasteiger partial charge in [0, 0.05) is 28.3 Å². The van der Waals surface area contributed by atoms with Gasteiger partial charge >= 0.3 is 0 Å². The lowest BCUT2D eigenvalue weighted by Gasteiger charge is -2.17. The van der Waals surface area contributed by atoms with Crippen LogP contribution < -0.4 is 4.74 Å². The normalized spacial score (nSPS) is 12.3. The molecule has 0 radical (unpaired) electrons. The highest BCUT2D eigenvalue weighted by atomic mass is 79.9.